The fourth-order valence-electron chi connectivity index (χ4n) is 1.25. The predicted molar refractivity (Wildman–Crippen MR) is 65.7 cm³/mol. The van der Waals surface area contributed by atoms with E-state index in [1.54, 1.807) is 23.1 Å². The van der Waals surface area contributed by atoms with E-state index in [-0.39, 0.29) is 0 Å². The van der Waals surface area contributed by atoms with Crippen LogP contribution in [0.4, 0.5) is 5.69 Å². The number of thioether (sulfide) groups is 1. The van der Waals surface area contributed by atoms with Gasteiger partial charge in [0, 0.05) is 30.5 Å². The SMILES string of the molecule is CSc1csc2c(Br)cc(N)cc12. The largest absolute Gasteiger partial charge is 0.399 e. The van der Waals surface area contributed by atoms with Crippen molar-refractivity contribution in [2.45, 2.75) is 4.90 Å². The lowest BCUT2D eigenvalue weighted by atomic mass is 10.2. The van der Waals surface area contributed by atoms with Crippen LogP contribution >= 0.6 is 39.0 Å². The van der Waals surface area contributed by atoms with Gasteiger partial charge in [-0.2, -0.15) is 0 Å². The quantitative estimate of drug-likeness (QED) is 0.629. The molecule has 2 aromatic rings. The van der Waals surface area contributed by atoms with Crippen LogP contribution in [0.5, 0.6) is 0 Å². The normalized spacial score (nSPS) is 10.9. The molecule has 1 aromatic carbocycles. The number of nitrogen functional groups attached to an aromatic ring is 1. The van der Waals surface area contributed by atoms with Gasteiger partial charge in [-0.3, -0.25) is 0 Å². The Morgan fingerprint density at radius 3 is 2.92 bits per heavy atom. The lowest BCUT2D eigenvalue weighted by Gasteiger charge is -1.98. The van der Waals surface area contributed by atoms with Gasteiger partial charge in [-0.25, -0.2) is 0 Å². The maximum Gasteiger partial charge on any atom is 0.0498 e. The topological polar surface area (TPSA) is 26.0 Å². The summed E-state index contributed by atoms with van der Waals surface area (Å²) >= 11 is 7.02. The van der Waals surface area contributed by atoms with E-state index in [0.29, 0.717) is 0 Å². The molecule has 0 aliphatic carbocycles. The van der Waals surface area contributed by atoms with Gasteiger partial charge in [-0.05, 0) is 34.3 Å². The average molecular weight is 274 g/mol. The van der Waals surface area contributed by atoms with Gasteiger partial charge in [-0.1, -0.05) is 0 Å². The molecule has 0 fully saturated rings. The zero-order valence-electron chi connectivity index (χ0n) is 7.00. The molecule has 4 heteroatoms. The summed E-state index contributed by atoms with van der Waals surface area (Å²) in [6.45, 7) is 0. The number of rotatable bonds is 1. The van der Waals surface area contributed by atoms with Crippen molar-refractivity contribution >= 4 is 54.8 Å². The summed E-state index contributed by atoms with van der Waals surface area (Å²) in [6, 6.07) is 3.98. The van der Waals surface area contributed by atoms with E-state index in [1.807, 2.05) is 12.1 Å². The Balaban J connectivity index is 2.82. The van der Waals surface area contributed by atoms with E-state index in [0.717, 1.165) is 10.2 Å². The molecule has 0 aliphatic rings. The monoisotopic (exact) mass is 273 g/mol. The maximum atomic E-state index is 5.77. The van der Waals surface area contributed by atoms with E-state index in [2.05, 4.69) is 27.6 Å². The van der Waals surface area contributed by atoms with Gasteiger partial charge >= 0.3 is 0 Å². The van der Waals surface area contributed by atoms with Crippen LogP contribution in [0.25, 0.3) is 10.1 Å². The fourth-order valence-corrected chi connectivity index (χ4v) is 3.80. The summed E-state index contributed by atoms with van der Waals surface area (Å²) in [5.74, 6) is 0. The molecular formula is C9H8BrNS2. The second-order valence-corrected chi connectivity index (χ2v) is 5.27. The Bertz CT molecular complexity index is 450. The molecular weight excluding hydrogens is 266 g/mol. The van der Waals surface area contributed by atoms with Gasteiger partial charge in [0.2, 0.25) is 0 Å². The minimum atomic E-state index is 0.813. The highest BCUT2D eigenvalue weighted by atomic mass is 79.9. The standard InChI is InChI=1S/C9H8BrNS2/c1-12-8-4-13-9-6(8)2-5(11)3-7(9)10/h2-4H,11H2,1H3. The summed E-state index contributed by atoms with van der Waals surface area (Å²) in [5, 5.41) is 3.42. The first-order chi connectivity index (χ1) is 6.22. The van der Waals surface area contributed by atoms with Gasteiger partial charge in [0.1, 0.15) is 0 Å². The van der Waals surface area contributed by atoms with Crippen LogP contribution in [-0.4, -0.2) is 6.26 Å². The van der Waals surface area contributed by atoms with Crippen molar-refractivity contribution in [3.05, 3.63) is 22.0 Å². The smallest absolute Gasteiger partial charge is 0.0498 e. The van der Waals surface area contributed by atoms with Crippen LogP contribution in [-0.2, 0) is 0 Å². The Morgan fingerprint density at radius 1 is 1.46 bits per heavy atom. The van der Waals surface area contributed by atoms with Crippen molar-refractivity contribution in [2.75, 3.05) is 12.0 Å². The Labute approximate surface area is 93.4 Å². The predicted octanol–water partition coefficient (Wildman–Crippen LogP) is 3.97. The molecule has 13 heavy (non-hydrogen) atoms. The molecule has 1 nitrogen and oxygen atoms in total. The molecule has 0 unspecified atom stereocenters. The van der Waals surface area contributed by atoms with Crippen LogP contribution < -0.4 is 5.73 Å². The number of benzene rings is 1. The molecule has 0 saturated carbocycles. The summed E-state index contributed by atoms with van der Waals surface area (Å²) < 4.78 is 2.37. The van der Waals surface area contributed by atoms with Gasteiger partial charge in [-0.15, -0.1) is 23.1 Å². The highest BCUT2D eigenvalue weighted by Gasteiger charge is 2.06. The van der Waals surface area contributed by atoms with E-state index in [9.17, 15) is 0 Å². The Hall–Kier alpha value is -0.190. The summed E-state index contributed by atoms with van der Waals surface area (Å²) in [7, 11) is 0. The number of thiophene rings is 1. The molecule has 0 aliphatic heterocycles. The average Bonchev–Trinajstić information content (AvgIpc) is 2.47. The minimum Gasteiger partial charge on any atom is -0.399 e. The Kier molecular flexibility index (Phi) is 2.53. The minimum absolute atomic E-state index is 0.813. The Morgan fingerprint density at radius 2 is 2.23 bits per heavy atom. The van der Waals surface area contributed by atoms with Crippen LogP contribution in [0.3, 0.4) is 0 Å². The maximum absolute atomic E-state index is 5.77. The molecule has 1 aromatic heterocycles. The van der Waals surface area contributed by atoms with Crippen molar-refractivity contribution in [1.29, 1.82) is 0 Å². The number of nitrogens with two attached hydrogens (primary N) is 1. The van der Waals surface area contributed by atoms with Gasteiger partial charge in [0.05, 0.1) is 0 Å². The molecule has 0 spiro atoms. The molecule has 2 rings (SSSR count). The zero-order valence-corrected chi connectivity index (χ0v) is 10.2. The highest BCUT2D eigenvalue weighted by molar-refractivity contribution is 9.10. The molecule has 0 atom stereocenters. The number of hydrogen-bond donors (Lipinski definition) is 1. The molecule has 2 N–H and O–H groups in total. The molecule has 0 radical (unpaired) electrons. The molecule has 0 saturated heterocycles. The van der Waals surface area contributed by atoms with Crippen molar-refractivity contribution < 1.29 is 0 Å². The van der Waals surface area contributed by atoms with Crippen molar-refractivity contribution in [1.82, 2.24) is 0 Å². The number of anilines is 1. The van der Waals surface area contributed by atoms with Crippen LogP contribution in [0.2, 0.25) is 0 Å². The van der Waals surface area contributed by atoms with Crippen LogP contribution in [0.15, 0.2) is 26.9 Å². The van der Waals surface area contributed by atoms with E-state index in [1.165, 1.54) is 15.0 Å². The number of fused-ring (bicyclic) bond motifs is 1. The van der Waals surface area contributed by atoms with Crippen molar-refractivity contribution in [3.63, 3.8) is 0 Å². The van der Waals surface area contributed by atoms with E-state index >= 15 is 0 Å². The first-order valence-corrected chi connectivity index (χ1v) is 6.62. The van der Waals surface area contributed by atoms with Gasteiger partial charge in [0.15, 0.2) is 0 Å². The molecule has 0 bridgehead atoms. The third-order valence-electron chi connectivity index (χ3n) is 1.84. The molecule has 0 amide bonds. The van der Waals surface area contributed by atoms with Gasteiger partial charge < -0.3 is 5.73 Å². The molecule has 1 heterocycles. The summed E-state index contributed by atoms with van der Waals surface area (Å²) in [4.78, 5) is 1.30. The number of hydrogen-bond acceptors (Lipinski definition) is 3. The van der Waals surface area contributed by atoms with Crippen LogP contribution in [0, 0.1) is 0 Å². The van der Waals surface area contributed by atoms with Crippen molar-refractivity contribution in [3.8, 4) is 0 Å². The highest BCUT2D eigenvalue weighted by Crippen LogP contribution is 2.37. The lowest BCUT2D eigenvalue weighted by Crippen LogP contribution is -1.83. The summed E-state index contributed by atoms with van der Waals surface area (Å²) in [6.07, 6.45) is 2.08. The second-order valence-electron chi connectivity index (χ2n) is 2.68. The zero-order chi connectivity index (χ0) is 9.42. The van der Waals surface area contributed by atoms with Crippen molar-refractivity contribution in [2.24, 2.45) is 0 Å². The van der Waals surface area contributed by atoms with E-state index < -0.39 is 0 Å². The van der Waals surface area contributed by atoms with Crippen LogP contribution in [0.1, 0.15) is 0 Å². The van der Waals surface area contributed by atoms with E-state index in [4.69, 9.17) is 5.73 Å². The first-order valence-electron chi connectivity index (χ1n) is 3.72. The third kappa shape index (κ3) is 1.58. The second kappa shape index (κ2) is 3.52. The number of halogens is 1. The first kappa shape index (κ1) is 9.37. The lowest BCUT2D eigenvalue weighted by molar-refractivity contribution is 1.65. The fraction of sp³-hybridized carbons (Fsp3) is 0.111. The summed E-state index contributed by atoms with van der Waals surface area (Å²) in [5.41, 5.74) is 6.59. The molecule has 68 valence electrons. The third-order valence-corrected chi connectivity index (χ3v) is 4.68. The van der Waals surface area contributed by atoms with Gasteiger partial charge in [0.25, 0.3) is 0 Å².